The molecule has 2 rings (SSSR count). The van der Waals surface area contributed by atoms with E-state index in [1.807, 2.05) is 30.3 Å². The summed E-state index contributed by atoms with van der Waals surface area (Å²) in [6.45, 7) is 0.549. The number of aldehydes is 1. The molecule has 3 heteroatoms. The molecule has 0 aromatic heterocycles. The predicted octanol–water partition coefficient (Wildman–Crippen LogP) is 3.88. The molecule has 0 fully saturated rings. The van der Waals surface area contributed by atoms with Crippen LogP contribution in [0.5, 0.6) is 5.75 Å². The number of benzene rings is 2. The molecule has 0 aliphatic rings. The fourth-order valence-corrected chi connectivity index (χ4v) is 2.18. The number of rotatable bonds is 5. The van der Waals surface area contributed by atoms with Gasteiger partial charge < -0.3 is 4.74 Å². The fourth-order valence-electron chi connectivity index (χ4n) is 1.69. The van der Waals surface area contributed by atoms with E-state index in [4.69, 9.17) is 4.74 Å². The van der Waals surface area contributed by atoms with E-state index in [1.54, 1.807) is 6.07 Å². The molecule has 0 spiro atoms. The molecule has 92 valence electrons. The van der Waals surface area contributed by atoms with Crippen LogP contribution in [0, 0.1) is 0 Å². The van der Waals surface area contributed by atoms with Gasteiger partial charge in [0, 0.05) is 6.42 Å². The molecule has 0 heterocycles. The van der Waals surface area contributed by atoms with E-state index in [2.05, 4.69) is 28.1 Å². The summed E-state index contributed by atoms with van der Waals surface area (Å²) in [5, 5.41) is 0. The van der Waals surface area contributed by atoms with Gasteiger partial charge in [-0.25, -0.2) is 0 Å². The van der Waals surface area contributed by atoms with Crippen molar-refractivity contribution in [2.24, 2.45) is 0 Å². The highest BCUT2D eigenvalue weighted by molar-refractivity contribution is 9.10. The van der Waals surface area contributed by atoms with Gasteiger partial charge in [-0.05, 0) is 33.6 Å². The van der Waals surface area contributed by atoms with Crippen LogP contribution in [-0.2, 0) is 6.42 Å². The zero-order valence-electron chi connectivity index (χ0n) is 9.80. The maximum atomic E-state index is 10.9. The molecule has 0 unspecified atom stereocenters. The lowest BCUT2D eigenvalue weighted by Crippen LogP contribution is -2.03. The van der Waals surface area contributed by atoms with Gasteiger partial charge in [0.25, 0.3) is 0 Å². The quantitative estimate of drug-likeness (QED) is 0.784. The minimum atomic E-state index is 0.549. The number of halogens is 1. The normalized spacial score (nSPS) is 10.1. The van der Waals surface area contributed by atoms with Crippen LogP contribution in [0.2, 0.25) is 0 Å². The zero-order valence-corrected chi connectivity index (χ0v) is 11.4. The van der Waals surface area contributed by atoms with Gasteiger partial charge >= 0.3 is 0 Å². The van der Waals surface area contributed by atoms with E-state index in [0.717, 1.165) is 17.2 Å². The second-order valence-electron chi connectivity index (χ2n) is 3.86. The largest absolute Gasteiger partial charge is 0.491 e. The van der Waals surface area contributed by atoms with Crippen LogP contribution in [0.25, 0.3) is 0 Å². The first-order valence-electron chi connectivity index (χ1n) is 5.71. The summed E-state index contributed by atoms with van der Waals surface area (Å²) in [5.74, 6) is 0.614. The first-order chi connectivity index (χ1) is 8.81. The monoisotopic (exact) mass is 304 g/mol. The van der Waals surface area contributed by atoms with Crippen molar-refractivity contribution in [2.75, 3.05) is 6.61 Å². The molecule has 0 saturated carbocycles. The molecule has 18 heavy (non-hydrogen) atoms. The lowest BCUT2D eigenvalue weighted by Gasteiger charge is -2.10. The maximum absolute atomic E-state index is 10.9. The molecule has 0 bridgehead atoms. The Kier molecular flexibility index (Phi) is 4.53. The van der Waals surface area contributed by atoms with E-state index in [9.17, 15) is 4.79 Å². The minimum absolute atomic E-state index is 0.549. The average molecular weight is 305 g/mol. The summed E-state index contributed by atoms with van der Waals surface area (Å²) >= 11 is 3.39. The Balaban J connectivity index is 2.00. The van der Waals surface area contributed by atoms with Crippen LogP contribution in [0.4, 0.5) is 0 Å². The van der Waals surface area contributed by atoms with Crippen LogP contribution in [0.1, 0.15) is 15.9 Å². The zero-order chi connectivity index (χ0) is 12.8. The Bertz CT molecular complexity index is 523. The average Bonchev–Trinajstić information content (AvgIpc) is 2.41. The topological polar surface area (TPSA) is 26.3 Å². The molecule has 2 aromatic rings. The summed E-state index contributed by atoms with van der Waals surface area (Å²) in [4.78, 5) is 10.9. The Morgan fingerprint density at radius 1 is 1.06 bits per heavy atom. The van der Waals surface area contributed by atoms with Gasteiger partial charge in [0.15, 0.2) is 6.29 Å². The third-order valence-electron chi connectivity index (χ3n) is 2.60. The van der Waals surface area contributed by atoms with Gasteiger partial charge in [0.2, 0.25) is 0 Å². The third-order valence-corrected chi connectivity index (χ3v) is 3.23. The summed E-state index contributed by atoms with van der Waals surface area (Å²) in [6, 6.07) is 15.5. The highest BCUT2D eigenvalue weighted by atomic mass is 79.9. The summed E-state index contributed by atoms with van der Waals surface area (Å²) < 4.78 is 6.49. The van der Waals surface area contributed by atoms with Gasteiger partial charge in [0.1, 0.15) is 5.75 Å². The summed E-state index contributed by atoms with van der Waals surface area (Å²) in [5.41, 5.74) is 1.79. The van der Waals surface area contributed by atoms with Gasteiger partial charge in [-0.2, -0.15) is 0 Å². The van der Waals surface area contributed by atoms with Crippen molar-refractivity contribution in [1.29, 1.82) is 0 Å². The van der Waals surface area contributed by atoms with Crippen molar-refractivity contribution >= 4 is 22.2 Å². The van der Waals surface area contributed by atoms with Gasteiger partial charge in [0.05, 0.1) is 16.6 Å². The Hall–Kier alpha value is -1.61. The van der Waals surface area contributed by atoms with Crippen LogP contribution < -0.4 is 4.74 Å². The number of para-hydroxylation sites is 1. The fraction of sp³-hybridized carbons (Fsp3) is 0.133. The Morgan fingerprint density at radius 2 is 1.83 bits per heavy atom. The Labute approximate surface area is 115 Å². The third kappa shape index (κ3) is 3.20. The van der Waals surface area contributed by atoms with E-state index < -0.39 is 0 Å². The molecule has 0 N–H and O–H groups in total. The molecular formula is C15H13BrO2. The smallest absolute Gasteiger partial charge is 0.153 e. The second kappa shape index (κ2) is 6.36. The van der Waals surface area contributed by atoms with Crippen LogP contribution >= 0.6 is 15.9 Å². The number of hydrogen-bond acceptors (Lipinski definition) is 2. The molecule has 0 atom stereocenters. The number of ether oxygens (including phenoxy) is 1. The van der Waals surface area contributed by atoms with E-state index >= 15 is 0 Å². The van der Waals surface area contributed by atoms with Gasteiger partial charge in [-0.3, -0.25) is 4.79 Å². The summed E-state index contributed by atoms with van der Waals surface area (Å²) in [7, 11) is 0. The number of carbonyl (C=O) groups is 1. The first kappa shape index (κ1) is 12.8. The van der Waals surface area contributed by atoms with Gasteiger partial charge in [-0.15, -0.1) is 0 Å². The lowest BCUT2D eigenvalue weighted by atomic mass is 10.2. The second-order valence-corrected chi connectivity index (χ2v) is 4.71. The standard InChI is InChI=1S/C15H13BrO2/c16-14-8-4-7-13(11-17)15(14)18-10-9-12-5-2-1-3-6-12/h1-8,11H,9-10H2. The van der Waals surface area contributed by atoms with Crippen LogP contribution in [0.15, 0.2) is 53.0 Å². The molecule has 0 aliphatic carbocycles. The van der Waals surface area contributed by atoms with Crippen molar-refractivity contribution in [3.8, 4) is 5.75 Å². The minimum Gasteiger partial charge on any atom is -0.491 e. The highest BCUT2D eigenvalue weighted by Gasteiger charge is 2.06. The van der Waals surface area contributed by atoms with Crippen LogP contribution in [0.3, 0.4) is 0 Å². The van der Waals surface area contributed by atoms with Gasteiger partial charge in [-0.1, -0.05) is 36.4 Å². The Morgan fingerprint density at radius 3 is 2.56 bits per heavy atom. The van der Waals surface area contributed by atoms with E-state index in [-0.39, 0.29) is 0 Å². The van der Waals surface area contributed by atoms with E-state index in [1.165, 1.54) is 5.56 Å². The number of carbonyl (C=O) groups excluding carboxylic acids is 1. The predicted molar refractivity (Wildman–Crippen MR) is 75.2 cm³/mol. The molecule has 0 aliphatic heterocycles. The molecule has 0 saturated heterocycles. The van der Waals surface area contributed by atoms with E-state index in [0.29, 0.717) is 17.9 Å². The van der Waals surface area contributed by atoms with Crippen molar-refractivity contribution < 1.29 is 9.53 Å². The molecular weight excluding hydrogens is 292 g/mol. The molecule has 0 radical (unpaired) electrons. The first-order valence-corrected chi connectivity index (χ1v) is 6.51. The van der Waals surface area contributed by atoms with Crippen LogP contribution in [-0.4, -0.2) is 12.9 Å². The molecule has 2 aromatic carbocycles. The van der Waals surface area contributed by atoms with Crippen molar-refractivity contribution in [3.05, 3.63) is 64.1 Å². The summed E-state index contributed by atoms with van der Waals surface area (Å²) in [6.07, 6.45) is 1.63. The van der Waals surface area contributed by atoms with Crippen molar-refractivity contribution in [2.45, 2.75) is 6.42 Å². The van der Waals surface area contributed by atoms with Crippen molar-refractivity contribution in [1.82, 2.24) is 0 Å². The van der Waals surface area contributed by atoms with Crippen molar-refractivity contribution in [3.63, 3.8) is 0 Å². The lowest BCUT2D eigenvalue weighted by molar-refractivity contribution is 0.111. The SMILES string of the molecule is O=Cc1cccc(Br)c1OCCc1ccccc1. The highest BCUT2D eigenvalue weighted by Crippen LogP contribution is 2.28. The molecule has 0 amide bonds. The molecule has 2 nitrogen and oxygen atoms in total. The maximum Gasteiger partial charge on any atom is 0.153 e. The number of hydrogen-bond donors (Lipinski definition) is 0.